The maximum Gasteiger partial charge on any atom is 0.251 e. The van der Waals surface area contributed by atoms with Gasteiger partial charge in [0.1, 0.15) is 6.04 Å². The van der Waals surface area contributed by atoms with Crippen LogP contribution in [0, 0.1) is 5.92 Å². The topological polar surface area (TPSA) is 105 Å². The molecule has 0 bridgehead atoms. The minimum atomic E-state index is -0.545. The monoisotopic (exact) mass is 332 g/mol. The standard InChI is InChI=1S/C17H24N4O3/c1-4-10(2)15-17(24)20-13-9-12(16(23)19-8-7-18)5-6-14(13)21(15)11(3)22/h5-6,9-10,15H,4,7-8,18H2,1-3H3,(H,19,23)(H,20,24). The summed E-state index contributed by atoms with van der Waals surface area (Å²) >= 11 is 0. The predicted molar refractivity (Wildman–Crippen MR) is 92.9 cm³/mol. The van der Waals surface area contributed by atoms with Crippen molar-refractivity contribution in [2.75, 3.05) is 23.3 Å². The van der Waals surface area contributed by atoms with Crippen LogP contribution in [0.15, 0.2) is 18.2 Å². The highest BCUT2D eigenvalue weighted by atomic mass is 16.2. The summed E-state index contributed by atoms with van der Waals surface area (Å²) in [5.41, 5.74) is 6.87. The van der Waals surface area contributed by atoms with Crippen LogP contribution in [0.5, 0.6) is 0 Å². The average molecular weight is 332 g/mol. The number of nitrogens with zero attached hydrogens (tertiary/aromatic N) is 1. The molecule has 0 radical (unpaired) electrons. The summed E-state index contributed by atoms with van der Waals surface area (Å²) in [5.74, 6) is -0.672. The zero-order valence-electron chi connectivity index (χ0n) is 14.3. The van der Waals surface area contributed by atoms with Crippen molar-refractivity contribution in [2.45, 2.75) is 33.2 Å². The van der Waals surface area contributed by atoms with Crippen molar-refractivity contribution in [1.82, 2.24) is 5.32 Å². The lowest BCUT2D eigenvalue weighted by atomic mass is 9.93. The van der Waals surface area contributed by atoms with Gasteiger partial charge in [-0.15, -0.1) is 0 Å². The van der Waals surface area contributed by atoms with Crippen LogP contribution in [-0.4, -0.2) is 36.9 Å². The second-order valence-corrected chi connectivity index (χ2v) is 5.99. The van der Waals surface area contributed by atoms with Crippen molar-refractivity contribution >= 4 is 29.1 Å². The molecule has 0 aliphatic carbocycles. The van der Waals surface area contributed by atoms with Crippen LogP contribution in [0.25, 0.3) is 0 Å². The van der Waals surface area contributed by atoms with Gasteiger partial charge in [-0.05, 0) is 24.1 Å². The van der Waals surface area contributed by atoms with Gasteiger partial charge >= 0.3 is 0 Å². The summed E-state index contributed by atoms with van der Waals surface area (Å²) < 4.78 is 0. The molecule has 1 aliphatic heterocycles. The van der Waals surface area contributed by atoms with Gasteiger partial charge in [0.05, 0.1) is 11.4 Å². The third kappa shape index (κ3) is 3.41. The Kier molecular flexibility index (Phi) is 5.56. The molecule has 1 aliphatic rings. The van der Waals surface area contributed by atoms with Crippen molar-refractivity contribution in [1.29, 1.82) is 0 Å². The van der Waals surface area contributed by atoms with Crippen molar-refractivity contribution in [3.8, 4) is 0 Å². The summed E-state index contributed by atoms with van der Waals surface area (Å²) in [4.78, 5) is 38.2. The number of anilines is 2. The second-order valence-electron chi connectivity index (χ2n) is 5.99. The van der Waals surface area contributed by atoms with Gasteiger partial charge in [-0.3, -0.25) is 19.3 Å². The number of amides is 3. The van der Waals surface area contributed by atoms with Crippen LogP contribution in [0.3, 0.4) is 0 Å². The fourth-order valence-electron chi connectivity index (χ4n) is 2.85. The molecule has 24 heavy (non-hydrogen) atoms. The lowest BCUT2D eigenvalue weighted by Gasteiger charge is -2.38. The first-order chi connectivity index (χ1) is 11.4. The molecule has 7 nitrogen and oxygen atoms in total. The second kappa shape index (κ2) is 7.44. The molecule has 1 aromatic rings. The molecule has 2 rings (SSSR count). The summed E-state index contributed by atoms with van der Waals surface area (Å²) in [6, 6.07) is 4.38. The largest absolute Gasteiger partial charge is 0.351 e. The lowest BCUT2D eigenvalue weighted by Crippen LogP contribution is -2.53. The van der Waals surface area contributed by atoms with E-state index in [4.69, 9.17) is 5.73 Å². The molecule has 0 saturated heterocycles. The number of hydrogen-bond acceptors (Lipinski definition) is 4. The minimum Gasteiger partial charge on any atom is -0.351 e. The third-order valence-corrected chi connectivity index (χ3v) is 4.28. The van der Waals surface area contributed by atoms with Crippen LogP contribution in [0.4, 0.5) is 11.4 Å². The van der Waals surface area contributed by atoms with E-state index in [1.807, 2.05) is 13.8 Å². The Balaban J connectivity index is 2.40. The van der Waals surface area contributed by atoms with Gasteiger partial charge in [0.15, 0.2) is 0 Å². The summed E-state index contributed by atoms with van der Waals surface area (Å²) in [6.07, 6.45) is 0.775. The first-order valence-electron chi connectivity index (χ1n) is 8.13. The number of carbonyl (C=O) groups is 3. The Morgan fingerprint density at radius 1 is 1.42 bits per heavy atom. The van der Waals surface area contributed by atoms with Crippen LogP contribution in [0.1, 0.15) is 37.6 Å². The Labute approximate surface area is 141 Å². The zero-order valence-corrected chi connectivity index (χ0v) is 14.3. The van der Waals surface area contributed by atoms with Crippen LogP contribution in [-0.2, 0) is 9.59 Å². The molecule has 130 valence electrons. The average Bonchev–Trinajstić information content (AvgIpc) is 2.56. The maximum absolute atomic E-state index is 12.5. The first-order valence-corrected chi connectivity index (χ1v) is 8.13. The van der Waals surface area contributed by atoms with Gasteiger partial charge in [0.2, 0.25) is 11.8 Å². The van der Waals surface area contributed by atoms with E-state index in [2.05, 4.69) is 10.6 Å². The van der Waals surface area contributed by atoms with E-state index in [1.165, 1.54) is 11.8 Å². The normalized spacial score (nSPS) is 17.8. The fourth-order valence-corrected chi connectivity index (χ4v) is 2.85. The first kappa shape index (κ1) is 17.9. The Morgan fingerprint density at radius 2 is 2.12 bits per heavy atom. The molecular weight excluding hydrogens is 308 g/mol. The molecule has 1 heterocycles. The van der Waals surface area contributed by atoms with Crippen molar-refractivity contribution in [2.24, 2.45) is 11.7 Å². The Hall–Kier alpha value is -2.41. The Bertz CT molecular complexity index is 659. The van der Waals surface area contributed by atoms with Crippen LogP contribution < -0.4 is 21.3 Å². The van der Waals surface area contributed by atoms with E-state index in [1.54, 1.807) is 18.2 Å². The quantitative estimate of drug-likeness (QED) is 0.751. The smallest absolute Gasteiger partial charge is 0.251 e. The Morgan fingerprint density at radius 3 is 2.71 bits per heavy atom. The number of nitrogens with one attached hydrogen (secondary N) is 2. The molecule has 2 unspecified atom stereocenters. The molecule has 1 aromatic carbocycles. The molecule has 0 aromatic heterocycles. The van der Waals surface area contributed by atoms with E-state index in [0.717, 1.165) is 6.42 Å². The molecule has 3 amide bonds. The zero-order chi connectivity index (χ0) is 17.9. The van der Waals surface area contributed by atoms with E-state index >= 15 is 0 Å². The number of fused-ring (bicyclic) bond motifs is 1. The maximum atomic E-state index is 12.5. The molecule has 4 N–H and O–H groups in total. The molecule has 0 fully saturated rings. The number of carbonyl (C=O) groups excluding carboxylic acids is 3. The molecule has 7 heteroatoms. The van der Waals surface area contributed by atoms with E-state index in [0.29, 0.717) is 30.0 Å². The number of nitrogens with two attached hydrogens (primary N) is 1. The van der Waals surface area contributed by atoms with Crippen molar-refractivity contribution in [3.63, 3.8) is 0 Å². The summed E-state index contributed by atoms with van der Waals surface area (Å²) in [5, 5.41) is 5.50. The van der Waals surface area contributed by atoms with Crippen LogP contribution in [0.2, 0.25) is 0 Å². The molecule has 0 spiro atoms. The number of rotatable bonds is 5. The van der Waals surface area contributed by atoms with Gasteiger partial charge < -0.3 is 16.4 Å². The highest BCUT2D eigenvalue weighted by Crippen LogP contribution is 2.35. The van der Waals surface area contributed by atoms with E-state index < -0.39 is 6.04 Å². The van der Waals surface area contributed by atoms with E-state index in [9.17, 15) is 14.4 Å². The van der Waals surface area contributed by atoms with Crippen molar-refractivity contribution in [3.05, 3.63) is 23.8 Å². The summed E-state index contributed by atoms with van der Waals surface area (Å²) in [7, 11) is 0. The van der Waals surface area contributed by atoms with Gasteiger partial charge in [-0.25, -0.2) is 0 Å². The highest BCUT2D eigenvalue weighted by Gasteiger charge is 2.38. The van der Waals surface area contributed by atoms with E-state index in [-0.39, 0.29) is 23.6 Å². The van der Waals surface area contributed by atoms with Gasteiger partial charge in [-0.1, -0.05) is 20.3 Å². The van der Waals surface area contributed by atoms with Gasteiger partial charge in [-0.2, -0.15) is 0 Å². The molecule has 2 atom stereocenters. The fraction of sp³-hybridized carbons (Fsp3) is 0.471. The number of benzene rings is 1. The molecular formula is C17H24N4O3. The highest BCUT2D eigenvalue weighted by molar-refractivity contribution is 6.12. The molecule has 0 saturated carbocycles. The van der Waals surface area contributed by atoms with Gasteiger partial charge in [0.25, 0.3) is 5.91 Å². The van der Waals surface area contributed by atoms with Gasteiger partial charge in [0, 0.05) is 25.6 Å². The van der Waals surface area contributed by atoms with Crippen molar-refractivity contribution < 1.29 is 14.4 Å². The summed E-state index contributed by atoms with van der Waals surface area (Å²) in [6.45, 7) is 6.09. The van der Waals surface area contributed by atoms with Crippen LogP contribution >= 0.6 is 0 Å². The SMILES string of the molecule is CCC(C)C1C(=O)Nc2cc(C(=O)NCCN)ccc2N1C(C)=O. The number of hydrogen-bond donors (Lipinski definition) is 3. The lowest BCUT2D eigenvalue weighted by molar-refractivity contribution is -0.123. The predicted octanol–water partition coefficient (Wildman–Crippen LogP) is 1.09. The third-order valence-electron chi connectivity index (χ3n) is 4.28. The minimum absolute atomic E-state index is 0.0228.